The number of thiazole rings is 1. The zero-order valence-corrected chi connectivity index (χ0v) is 14.0. The first kappa shape index (κ1) is 14.9. The molecule has 0 radical (unpaired) electrons. The van der Waals surface area contributed by atoms with Crippen LogP contribution in [0.3, 0.4) is 0 Å². The molecule has 0 unspecified atom stereocenters. The van der Waals surface area contributed by atoms with Crippen LogP contribution in [0.25, 0.3) is 11.3 Å². The quantitative estimate of drug-likeness (QED) is 0.719. The van der Waals surface area contributed by atoms with E-state index in [1.807, 2.05) is 12.1 Å². The van der Waals surface area contributed by atoms with Crippen molar-refractivity contribution in [1.29, 1.82) is 0 Å². The van der Waals surface area contributed by atoms with Gasteiger partial charge in [-0.1, -0.05) is 24.3 Å². The number of rotatable bonds is 3. The summed E-state index contributed by atoms with van der Waals surface area (Å²) in [5.41, 5.74) is 5.14. The molecule has 1 aromatic heterocycles. The third-order valence-corrected chi connectivity index (χ3v) is 5.18. The summed E-state index contributed by atoms with van der Waals surface area (Å²) >= 11 is 1.69. The highest BCUT2D eigenvalue weighted by Crippen LogP contribution is 2.38. The lowest BCUT2D eigenvalue weighted by molar-refractivity contribution is 0.0601. The maximum Gasteiger partial charge on any atom is 0.337 e. The van der Waals surface area contributed by atoms with E-state index in [-0.39, 0.29) is 5.97 Å². The Labute approximate surface area is 144 Å². The van der Waals surface area contributed by atoms with E-state index in [0.717, 1.165) is 29.4 Å². The Bertz CT molecular complexity index is 900. The van der Waals surface area contributed by atoms with Crippen LogP contribution >= 0.6 is 11.3 Å². The minimum absolute atomic E-state index is 0.331. The van der Waals surface area contributed by atoms with Gasteiger partial charge in [-0.25, -0.2) is 9.78 Å². The van der Waals surface area contributed by atoms with E-state index >= 15 is 0 Å². The van der Waals surface area contributed by atoms with Crippen LogP contribution in [0.5, 0.6) is 0 Å². The number of nitrogens with zero attached hydrogens (tertiary/aromatic N) is 1. The average molecular weight is 336 g/mol. The van der Waals surface area contributed by atoms with Crippen LogP contribution in [0.2, 0.25) is 0 Å². The highest BCUT2D eigenvalue weighted by Gasteiger charge is 2.20. The molecule has 2 aromatic carbocycles. The van der Waals surface area contributed by atoms with Gasteiger partial charge in [0.25, 0.3) is 0 Å². The number of methoxy groups -OCH3 is 1. The summed E-state index contributed by atoms with van der Waals surface area (Å²) < 4.78 is 4.71. The van der Waals surface area contributed by atoms with Gasteiger partial charge in [-0.15, -0.1) is 11.3 Å². The maximum absolute atomic E-state index is 11.5. The summed E-state index contributed by atoms with van der Waals surface area (Å²) in [7, 11) is 1.38. The van der Waals surface area contributed by atoms with Crippen LogP contribution in [0, 0.1) is 0 Å². The molecule has 1 N–H and O–H groups in total. The summed E-state index contributed by atoms with van der Waals surface area (Å²) in [4.78, 5) is 17.6. The van der Waals surface area contributed by atoms with Crippen LogP contribution in [-0.2, 0) is 17.6 Å². The summed E-state index contributed by atoms with van der Waals surface area (Å²) in [6.45, 7) is 0. The number of ether oxygens (including phenoxy) is 1. The van der Waals surface area contributed by atoms with Crippen molar-refractivity contribution >= 4 is 28.1 Å². The van der Waals surface area contributed by atoms with Gasteiger partial charge in [0.15, 0.2) is 5.13 Å². The summed E-state index contributed by atoms with van der Waals surface area (Å²) in [6.07, 6.45) is 2.10. The average Bonchev–Trinajstić information content (AvgIpc) is 3.04. The highest BCUT2D eigenvalue weighted by atomic mass is 32.1. The molecule has 0 saturated heterocycles. The smallest absolute Gasteiger partial charge is 0.337 e. The number of aromatic nitrogens is 1. The van der Waals surface area contributed by atoms with Crippen molar-refractivity contribution in [3.8, 4) is 11.3 Å². The molecule has 1 aliphatic rings. The molecule has 0 aliphatic heterocycles. The number of nitrogens with one attached hydrogen (secondary N) is 1. The van der Waals surface area contributed by atoms with Gasteiger partial charge in [0.05, 0.1) is 18.4 Å². The first-order chi connectivity index (χ1) is 11.7. The van der Waals surface area contributed by atoms with Gasteiger partial charge in [0, 0.05) is 16.1 Å². The van der Waals surface area contributed by atoms with Gasteiger partial charge < -0.3 is 10.1 Å². The number of carbonyl (C=O) groups is 1. The Kier molecular flexibility index (Phi) is 3.78. The third kappa shape index (κ3) is 2.67. The molecule has 0 saturated carbocycles. The largest absolute Gasteiger partial charge is 0.465 e. The zero-order chi connectivity index (χ0) is 16.5. The number of aryl methyl sites for hydroxylation is 2. The lowest BCUT2D eigenvalue weighted by atomic mass is 9.94. The Morgan fingerprint density at radius 2 is 1.92 bits per heavy atom. The number of hydrogen-bond acceptors (Lipinski definition) is 5. The molecule has 120 valence electrons. The van der Waals surface area contributed by atoms with E-state index in [4.69, 9.17) is 9.72 Å². The van der Waals surface area contributed by atoms with Crippen LogP contribution in [0.4, 0.5) is 10.8 Å². The first-order valence-corrected chi connectivity index (χ1v) is 8.59. The van der Waals surface area contributed by atoms with E-state index in [9.17, 15) is 4.79 Å². The van der Waals surface area contributed by atoms with Crippen molar-refractivity contribution in [3.05, 3.63) is 64.5 Å². The van der Waals surface area contributed by atoms with Crippen molar-refractivity contribution in [2.24, 2.45) is 0 Å². The fraction of sp³-hybridized carbons (Fsp3) is 0.158. The fourth-order valence-corrected chi connectivity index (χ4v) is 3.93. The SMILES string of the molecule is COC(=O)c1ccc(Nc2nc3c(s2)CCc2ccccc2-3)cc1. The first-order valence-electron chi connectivity index (χ1n) is 7.78. The van der Waals surface area contributed by atoms with Crippen molar-refractivity contribution in [1.82, 2.24) is 4.98 Å². The summed E-state index contributed by atoms with van der Waals surface area (Å²) in [6, 6.07) is 15.7. The van der Waals surface area contributed by atoms with Crippen LogP contribution in [0.15, 0.2) is 48.5 Å². The molecule has 4 nitrogen and oxygen atoms in total. The number of fused-ring (bicyclic) bond motifs is 3. The van der Waals surface area contributed by atoms with Gasteiger partial charge in [-0.05, 0) is 42.7 Å². The fourth-order valence-electron chi connectivity index (χ4n) is 2.93. The van der Waals surface area contributed by atoms with Gasteiger partial charge >= 0.3 is 5.97 Å². The number of carbonyl (C=O) groups excluding carboxylic acids is 1. The van der Waals surface area contributed by atoms with Crippen molar-refractivity contribution < 1.29 is 9.53 Å². The summed E-state index contributed by atoms with van der Waals surface area (Å²) in [5, 5.41) is 4.21. The van der Waals surface area contributed by atoms with Gasteiger partial charge in [0.2, 0.25) is 0 Å². The molecule has 1 heterocycles. The zero-order valence-electron chi connectivity index (χ0n) is 13.2. The van der Waals surface area contributed by atoms with Gasteiger partial charge in [-0.3, -0.25) is 0 Å². The standard InChI is InChI=1S/C19H16N2O2S/c1-23-18(22)13-6-9-14(10-7-13)20-19-21-17-15-5-3-2-4-12(15)8-11-16(17)24-19/h2-7,9-10H,8,11H2,1H3,(H,20,21). The molecule has 0 amide bonds. The van der Waals surface area contributed by atoms with Crippen LogP contribution in [0.1, 0.15) is 20.8 Å². The third-order valence-electron chi connectivity index (χ3n) is 4.15. The predicted octanol–water partition coefficient (Wildman–Crippen LogP) is 4.44. The minimum atomic E-state index is -0.331. The molecule has 0 spiro atoms. The number of esters is 1. The second-order valence-electron chi connectivity index (χ2n) is 5.64. The van der Waals surface area contributed by atoms with E-state index in [0.29, 0.717) is 5.56 Å². The minimum Gasteiger partial charge on any atom is -0.465 e. The van der Waals surface area contributed by atoms with Crippen molar-refractivity contribution in [2.45, 2.75) is 12.8 Å². The second kappa shape index (κ2) is 6.09. The molecule has 1 aliphatic carbocycles. The van der Waals surface area contributed by atoms with Crippen molar-refractivity contribution in [2.75, 3.05) is 12.4 Å². The molecule has 4 rings (SSSR count). The van der Waals surface area contributed by atoms with Gasteiger partial charge in [0.1, 0.15) is 0 Å². The Morgan fingerprint density at radius 1 is 1.12 bits per heavy atom. The molecule has 24 heavy (non-hydrogen) atoms. The van der Waals surface area contributed by atoms with E-state index < -0.39 is 0 Å². The number of anilines is 2. The summed E-state index contributed by atoms with van der Waals surface area (Å²) in [5.74, 6) is -0.331. The maximum atomic E-state index is 11.5. The number of benzene rings is 2. The Morgan fingerprint density at radius 3 is 2.71 bits per heavy atom. The molecule has 0 bridgehead atoms. The predicted molar refractivity (Wildman–Crippen MR) is 96.0 cm³/mol. The molecular formula is C19H16N2O2S. The van der Waals surface area contributed by atoms with E-state index in [2.05, 4.69) is 29.6 Å². The van der Waals surface area contributed by atoms with Crippen molar-refractivity contribution in [3.63, 3.8) is 0 Å². The Hall–Kier alpha value is -2.66. The van der Waals surface area contributed by atoms with Gasteiger partial charge in [-0.2, -0.15) is 0 Å². The number of hydrogen-bond donors (Lipinski definition) is 1. The molecule has 5 heteroatoms. The molecule has 0 atom stereocenters. The molecule has 0 fully saturated rings. The van der Waals surface area contributed by atoms with Crippen LogP contribution in [-0.4, -0.2) is 18.1 Å². The topological polar surface area (TPSA) is 51.2 Å². The van der Waals surface area contributed by atoms with E-state index in [1.165, 1.54) is 23.1 Å². The highest BCUT2D eigenvalue weighted by molar-refractivity contribution is 7.16. The van der Waals surface area contributed by atoms with Crippen LogP contribution < -0.4 is 5.32 Å². The second-order valence-corrected chi connectivity index (χ2v) is 6.73. The molecule has 3 aromatic rings. The molecular weight excluding hydrogens is 320 g/mol. The normalized spacial score (nSPS) is 12.2. The Balaban J connectivity index is 1.59. The lowest BCUT2D eigenvalue weighted by Gasteiger charge is -2.13. The monoisotopic (exact) mass is 336 g/mol. The van der Waals surface area contributed by atoms with E-state index in [1.54, 1.807) is 23.5 Å². The lowest BCUT2D eigenvalue weighted by Crippen LogP contribution is -2.01.